The molecule has 0 unspecified atom stereocenters. The predicted molar refractivity (Wildman–Crippen MR) is 136 cm³/mol. The molecule has 0 saturated carbocycles. The number of hydrogen-bond donors (Lipinski definition) is 1. The van der Waals surface area contributed by atoms with Gasteiger partial charge in [-0.05, 0) is 0 Å². The zero-order chi connectivity index (χ0) is 25.8. The predicted octanol–water partition coefficient (Wildman–Crippen LogP) is 5.51. The molecule has 3 aliphatic heterocycles. The van der Waals surface area contributed by atoms with Crippen LogP contribution in [0.25, 0.3) is 0 Å². The third kappa shape index (κ3) is 3.40. The van der Waals surface area contributed by atoms with E-state index in [9.17, 15) is 5.11 Å². The van der Waals surface area contributed by atoms with Crippen LogP contribution in [-0.4, -0.2) is 59.0 Å². The molecule has 0 bridgehead atoms. The molecule has 6 rings (SSSR count). The maximum atomic E-state index is 15.4. The molecule has 196 valence electrons. The van der Waals surface area contributed by atoms with Crippen LogP contribution in [0.15, 0.2) is 91.0 Å². The van der Waals surface area contributed by atoms with Crippen molar-refractivity contribution in [3.8, 4) is 0 Å². The molecule has 9 heteroatoms. The van der Waals surface area contributed by atoms with Gasteiger partial charge in [-0.1, -0.05) is 0 Å². The number of halogens is 3. The Kier molecular flexibility index (Phi) is 5.99. The van der Waals surface area contributed by atoms with Crippen molar-refractivity contribution in [3.05, 3.63) is 108 Å². The van der Waals surface area contributed by atoms with Crippen LogP contribution in [0.3, 0.4) is 0 Å². The topological polar surface area (TPSA) is 45.2 Å². The molecule has 5 nitrogen and oxygen atoms in total. The van der Waals surface area contributed by atoms with E-state index in [1.54, 1.807) is 15.4 Å². The Hall–Kier alpha value is -2.32. The minimum atomic E-state index is -5.11. The standard InChI is InChI=1S/C28H30F3N2O3P/c29-28(30,31)27(34,24-14-8-3-9-15-24)37-32(25(20-35-37)18-22-10-4-1-5-11-22)16-17-33(37)26(21-36-37)19-23-12-6-2-7-13-23/h1-15,25-26,34H,16-21H2/t25-,26-,27+/m0/s1. The van der Waals surface area contributed by atoms with Gasteiger partial charge in [-0.15, -0.1) is 0 Å². The second kappa shape index (κ2) is 8.87. The average Bonchev–Trinajstić information content (AvgIpc) is 3.52. The zero-order valence-corrected chi connectivity index (χ0v) is 21.2. The molecule has 1 spiro atoms. The Bertz CT molecular complexity index is 1180. The summed E-state index contributed by atoms with van der Waals surface area (Å²) in [6, 6.07) is 26.0. The molecular formula is C28H30F3N2O3P. The van der Waals surface area contributed by atoms with Crippen LogP contribution in [0, 0.1) is 0 Å². The number of benzene rings is 3. The quantitative estimate of drug-likeness (QED) is 0.426. The molecule has 1 N–H and O–H groups in total. The van der Waals surface area contributed by atoms with Crippen LogP contribution in [0.5, 0.6) is 0 Å². The van der Waals surface area contributed by atoms with Gasteiger partial charge >= 0.3 is 214 Å². The van der Waals surface area contributed by atoms with Crippen molar-refractivity contribution in [2.75, 3.05) is 26.3 Å². The average molecular weight is 531 g/mol. The Balaban J connectivity index is 1.51. The summed E-state index contributed by atoms with van der Waals surface area (Å²) in [6.45, 7) is 0.747. The van der Waals surface area contributed by atoms with Gasteiger partial charge in [0.1, 0.15) is 0 Å². The third-order valence-electron chi connectivity index (χ3n) is 8.06. The van der Waals surface area contributed by atoms with E-state index in [1.165, 1.54) is 24.3 Å². The van der Waals surface area contributed by atoms with E-state index in [2.05, 4.69) is 0 Å². The molecule has 3 atom stereocenters. The maximum absolute atomic E-state index is 15.4. The first kappa shape index (κ1) is 25.0. The van der Waals surface area contributed by atoms with Gasteiger partial charge in [0, 0.05) is 0 Å². The van der Waals surface area contributed by atoms with Gasteiger partial charge in [0.25, 0.3) is 0 Å². The van der Waals surface area contributed by atoms with Gasteiger partial charge in [-0.2, -0.15) is 0 Å². The summed E-state index contributed by atoms with van der Waals surface area (Å²) >= 11 is 0. The molecule has 3 fully saturated rings. The van der Waals surface area contributed by atoms with E-state index < -0.39 is 18.9 Å². The van der Waals surface area contributed by atoms with Crippen LogP contribution >= 0.6 is 7.36 Å². The van der Waals surface area contributed by atoms with E-state index in [0.29, 0.717) is 25.9 Å². The summed E-state index contributed by atoms with van der Waals surface area (Å²) in [5.74, 6) is 0. The van der Waals surface area contributed by atoms with Gasteiger partial charge in [0.05, 0.1) is 0 Å². The number of aliphatic hydroxyl groups is 1. The number of hydrogen-bond acceptors (Lipinski definition) is 5. The Labute approximate surface area is 214 Å². The number of nitrogens with zero attached hydrogens (tertiary/aromatic N) is 2. The second-order valence-corrected chi connectivity index (χ2v) is 14.0. The van der Waals surface area contributed by atoms with Crippen LogP contribution in [0.2, 0.25) is 0 Å². The molecule has 0 aliphatic carbocycles. The Morgan fingerprint density at radius 1 is 0.703 bits per heavy atom. The summed E-state index contributed by atoms with van der Waals surface area (Å²) in [6.07, 6.45) is -4.04. The summed E-state index contributed by atoms with van der Waals surface area (Å²) in [4.78, 5) is 0. The van der Waals surface area contributed by atoms with Crippen molar-refractivity contribution in [1.29, 1.82) is 0 Å². The van der Waals surface area contributed by atoms with E-state index in [1.807, 2.05) is 60.7 Å². The first-order valence-corrected chi connectivity index (χ1v) is 14.6. The molecule has 0 aromatic heterocycles. The summed E-state index contributed by atoms with van der Waals surface area (Å²) in [5.41, 5.74) is 1.75. The normalized spacial score (nSPS) is 27.6. The summed E-state index contributed by atoms with van der Waals surface area (Å²) < 4.78 is 62.6. The second-order valence-electron chi connectivity index (χ2n) is 10.0. The zero-order valence-electron chi connectivity index (χ0n) is 20.3. The minimum absolute atomic E-state index is 0.0481. The molecule has 0 radical (unpaired) electrons. The molecule has 3 heterocycles. The molecule has 3 saturated heterocycles. The van der Waals surface area contributed by atoms with Gasteiger partial charge in [0.15, 0.2) is 0 Å². The fourth-order valence-electron chi connectivity index (χ4n) is 6.52. The SMILES string of the molecule is O[C@@](c1ccccc1)(C(F)(F)F)P123OC[C@H](Cc4ccccc4)N1CCN2[C@@H](Cc1ccccc1)CO3. The van der Waals surface area contributed by atoms with E-state index in [0.717, 1.165) is 11.1 Å². The van der Waals surface area contributed by atoms with Crippen molar-refractivity contribution in [2.24, 2.45) is 0 Å². The molecule has 37 heavy (non-hydrogen) atoms. The number of alkyl halides is 3. The fourth-order valence-corrected chi connectivity index (χ4v) is 12.8. The third-order valence-corrected chi connectivity index (χ3v) is 13.8. The van der Waals surface area contributed by atoms with Crippen molar-refractivity contribution < 1.29 is 27.3 Å². The van der Waals surface area contributed by atoms with Gasteiger partial charge < -0.3 is 0 Å². The van der Waals surface area contributed by atoms with E-state index >= 15 is 13.2 Å². The van der Waals surface area contributed by atoms with Gasteiger partial charge in [0.2, 0.25) is 0 Å². The first-order valence-electron chi connectivity index (χ1n) is 12.6. The fraction of sp³-hybridized carbons (Fsp3) is 0.357. The van der Waals surface area contributed by atoms with Crippen molar-refractivity contribution in [1.82, 2.24) is 9.34 Å². The van der Waals surface area contributed by atoms with E-state index in [4.69, 9.17) is 9.05 Å². The number of rotatable bonds is 6. The van der Waals surface area contributed by atoms with Crippen LogP contribution in [0.1, 0.15) is 16.7 Å². The van der Waals surface area contributed by atoms with E-state index in [-0.39, 0.29) is 30.9 Å². The van der Waals surface area contributed by atoms with Crippen LogP contribution in [-0.2, 0) is 27.2 Å². The molecule has 3 aromatic carbocycles. The van der Waals surface area contributed by atoms with Crippen molar-refractivity contribution in [2.45, 2.75) is 36.4 Å². The molecular weight excluding hydrogens is 500 g/mol. The Morgan fingerprint density at radius 3 is 1.51 bits per heavy atom. The van der Waals surface area contributed by atoms with Gasteiger partial charge in [-0.25, -0.2) is 0 Å². The summed E-state index contributed by atoms with van der Waals surface area (Å²) in [7, 11) is -5.11. The van der Waals surface area contributed by atoms with Crippen LogP contribution in [0.4, 0.5) is 13.2 Å². The van der Waals surface area contributed by atoms with Crippen molar-refractivity contribution in [3.63, 3.8) is 0 Å². The molecule has 3 aromatic rings. The monoisotopic (exact) mass is 530 g/mol. The van der Waals surface area contributed by atoms with Gasteiger partial charge in [-0.3, -0.25) is 0 Å². The molecule has 0 amide bonds. The molecule has 3 aliphatic rings. The van der Waals surface area contributed by atoms with Crippen LogP contribution < -0.4 is 0 Å². The van der Waals surface area contributed by atoms with Crippen molar-refractivity contribution >= 4 is 7.36 Å². The summed E-state index contributed by atoms with van der Waals surface area (Å²) in [5, 5.41) is 8.87. The Morgan fingerprint density at radius 2 is 1.11 bits per heavy atom. The first-order chi connectivity index (χ1) is 17.8.